The molecular formula is C135H89BrN4. The van der Waals surface area contributed by atoms with Crippen LogP contribution in [0.5, 0.6) is 0 Å². The summed E-state index contributed by atoms with van der Waals surface area (Å²) < 4.78 is 5.97. The normalized spacial score (nSPS) is 11.2. The van der Waals surface area contributed by atoms with Gasteiger partial charge in [0, 0.05) is 88.5 Å². The molecule has 5 heteroatoms. The Morgan fingerprint density at radius 3 is 0.921 bits per heavy atom. The van der Waals surface area contributed by atoms with Gasteiger partial charge in [0.25, 0.3) is 0 Å². The molecule has 2 aromatic heterocycles. The average molecular weight is 1850 g/mol. The molecule has 1 N–H and O–H groups in total. The van der Waals surface area contributed by atoms with Crippen LogP contribution < -0.4 is 10.2 Å². The van der Waals surface area contributed by atoms with Crippen molar-refractivity contribution in [1.29, 1.82) is 0 Å². The van der Waals surface area contributed by atoms with Gasteiger partial charge in [-0.25, -0.2) is 0 Å². The highest BCUT2D eigenvalue weighted by Crippen LogP contribution is 2.52. The first-order valence-electron chi connectivity index (χ1n) is 46.3. The van der Waals surface area contributed by atoms with Crippen LogP contribution >= 0.6 is 15.9 Å². The third-order valence-corrected chi connectivity index (χ3v) is 26.0. The number of halogens is 1. The number of terminal acetylenes is 1. The van der Waals surface area contributed by atoms with Crippen LogP contribution in [0, 0.1) is 119 Å². The molecule has 0 amide bonds. The maximum atomic E-state index is 4.90. The Hall–Kier alpha value is -18.8. The Morgan fingerprint density at radius 2 is 0.536 bits per heavy atom. The van der Waals surface area contributed by atoms with Crippen molar-refractivity contribution >= 4 is 88.0 Å². The predicted octanol–water partition coefficient (Wildman–Crippen LogP) is 32.5. The second-order valence-electron chi connectivity index (χ2n) is 34.7. The van der Waals surface area contributed by atoms with E-state index in [4.69, 9.17) is 6.42 Å². The minimum atomic E-state index is -0.0688. The Bertz CT molecular complexity index is 8640. The van der Waals surface area contributed by atoms with Gasteiger partial charge in [-0.2, -0.15) is 0 Å². The molecule has 0 saturated heterocycles. The van der Waals surface area contributed by atoms with Crippen LogP contribution in [0.4, 0.5) is 28.4 Å². The molecule has 18 aromatic carbocycles. The summed E-state index contributed by atoms with van der Waals surface area (Å²) in [7, 11) is 0. The predicted molar refractivity (Wildman–Crippen MR) is 592 cm³/mol. The molecule has 22 rings (SSSR count). The van der Waals surface area contributed by atoms with Crippen LogP contribution in [0.25, 0.3) is 144 Å². The van der Waals surface area contributed by atoms with Crippen molar-refractivity contribution in [3.63, 3.8) is 0 Å². The van der Waals surface area contributed by atoms with Gasteiger partial charge in [-0.05, 0) is 346 Å². The van der Waals surface area contributed by atoms with Crippen LogP contribution in [0.3, 0.4) is 0 Å². The lowest BCUT2D eigenvalue weighted by Gasteiger charge is -2.26. The number of fused-ring (bicyclic) bond motifs is 12. The SMILES string of the molecule is C#CC#CC#CC#CC#CC#CC#CC#CC#CC#CC.CC1(C)c2ccccc2-c2ccc(-n3c4ccccc4c4cc(-c5cccc(Br)c5)ccc43)cc21.CC1(C)c2ccccc2-c2ccc(-n3c4ccccc4c4cc(-c5cccc(N(c6ccc(-c7ccccc7)cc6)c6ccc(-c7ccccc7)cc6)c5)ccc43)cc21.c1ccc(-c2ccc(Nc3ccc(-c4ccccc4)cc3)cc2)cc1. The maximum absolute atomic E-state index is 4.90. The molecule has 2 aliphatic carbocycles. The molecule has 4 nitrogen and oxygen atoms in total. The molecule has 20 aromatic rings. The Balaban J connectivity index is 0.000000131. The average Bonchev–Trinajstić information content (AvgIpc) is 1.57. The van der Waals surface area contributed by atoms with Crippen LogP contribution in [0.15, 0.2) is 441 Å². The van der Waals surface area contributed by atoms with Gasteiger partial charge in [0.15, 0.2) is 0 Å². The molecular weight excluding hydrogens is 1760 g/mol. The van der Waals surface area contributed by atoms with Crippen LogP contribution in [-0.4, -0.2) is 9.13 Å². The van der Waals surface area contributed by atoms with Crippen molar-refractivity contribution < 1.29 is 0 Å². The fraction of sp³-hybridized carbons (Fsp3) is 0.0519. The lowest BCUT2D eigenvalue weighted by atomic mass is 9.82. The number of benzene rings is 18. The Morgan fingerprint density at radius 1 is 0.236 bits per heavy atom. The van der Waals surface area contributed by atoms with Crippen molar-refractivity contribution in [3.05, 3.63) is 464 Å². The molecule has 140 heavy (non-hydrogen) atoms. The van der Waals surface area contributed by atoms with Gasteiger partial charge in [-0.1, -0.05) is 353 Å². The molecule has 0 spiro atoms. The fourth-order valence-corrected chi connectivity index (χ4v) is 19.2. The quantitative estimate of drug-likeness (QED) is 0.116. The number of hydrogen-bond donors (Lipinski definition) is 1. The summed E-state index contributed by atoms with van der Waals surface area (Å²) in [4.78, 5) is 2.37. The molecule has 0 radical (unpaired) electrons. The number of rotatable bonds is 13. The highest BCUT2D eigenvalue weighted by Gasteiger charge is 2.37. The summed E-state index contributed by atoms with van der Waals surface area (Å²) >= 11 is 3.62. The maximum Gasteiger partial charge on any atom is 0.0541 e. The van der Waals surface area contributed by atoms with Gasteiger partial charge < -0.3 is 19.4 Å². The topological polar surface area (TPSA) is 25.1 Å². The van der Waals surface area contributed by atoms with Crippen molar-refractivity contribution in [3.8, 4) is 219 Å². The summed E-state index contributed by atoms with van der Waals surface area (Å²) in [5.41, 5.74) is 38.2. The van der Waals surface area contributed by atoms with Crippen molar-refractivity contribution in [2.45, 2.75) is 45.4 Å². The monoisotopic (exact) mass is 1840 g/mol. The zero-order valence-electron chi connectivity index (χ0n) is 77.9. The lowest BCUT2D eigenvalue weighted by molar-refractivity contribution is 0.660. The second-order valence-corrected chi connectivity index (χ2v) is 35.6. The summed E-state index contributed by atoms with van der Waals surface area (Å²) in [6, 6.07) is 158. The van der Waals surface area contributed by atoms with Crippen molar-refractivity contribution in [2.75, 3.05) is 10.2 Å². The zero-order valence-corrected chi connectivity index (χ0v) is 79.5. The van der Waals surface area contributed by atoms with E-state index in [2.05, 4.69) is 600 Å². The van der Waals surface area contributed by atoms with Gasteiger partial charge in [-0.3, -0.25) is 0 Å². The van der Waals surface area contributed by atoms with Gasteiger partial charge >= 0.3 is 0 Å². The highest BCUT2D eigenvalue weighted by molar-refractivity contribution is 9.10. The third-order valence-electron chi connectivity index (χ3n) is 25.5. The molecule has 0 unspecified atom stereocenters. The van der Waals surface area contributed by atoms with E-state index in [0.29, 0.717) is 0 Å². The number of nitrogens with zero attached hydrogens (tertiary/aromatic N) is 3. The van der Waals surface area contributed by atoms with E-state index < -0.39 is 0 Å². The van der Waals surface area contributed by atoms with E-state index >= 15 is 0 Å². The first-order valence-corrected chi connectivity index (χ1v) is 47.1. The standard InChI is InChI=1S/C57H42N2.C33H24BrN.C24H19N.C21H4/c1-57(2)53-22-11-9-20-49(53)50-34-33-48(38-54(50)57)59-55-23-12-10-21-51(55)52-37-44(28-35-56(52)59)43-18-13-19-47(36-43)58(45-29-24-41(25-30-45)39-14-5-3-6-15-39)46-31-26-42(27-32-46)40-16-7-4-8-17-40;1-33(2)29-12-5-3-10-25(29)26-16-15-24(20-30(26)33)35-31-13-6-4-11-27(31)28-19-22(14-17-32(28)35)21-8-7-9-23(34)18-21;1-3-7-19(8-4-1)21-11-15-23(16-12-21)25-24-17-13-22(14-18-24)20-9-5-2-6-10-20;1-3-5-7-9-11-13-15-17-19-21-20-18-16-14-12-10-8-6-4-2/h3-38H,1-2H3;3-20H,1-2H3;1-18,25H;1H,2H3. The molecule has 0 saturated carbocycles. The minimum Gasteiger partial charge on any atom is -0.356 e. The number of nitrogens with one attached hydrogen (secondary N) is 1. The summed E-state index contributed by atoms with van der Waals surface area (Å²) in [6.07, 6.45) is 4.90. The van der Waals surface area contributed by atoms with Crippen molar-refractivity contribution in [2.24, 2.45) is 0 Å². The summed E-state index contributed by atoms with van der Waals surface area (Å²) in [6.45, 7) is 11.1. The fourth-order valence-electron chi connectivity index (χ4n) is 18.8. The van der Waals surface area contributed by atoms with Gasteiger partial charge in [-0.15, -0.1) is 6.42 Å². The molecule has 0 bridgehead atoms. The Kier molecular flexibility index (Phi) is 27.0. The van der Waals surface area contributed by atoms with E-state index in [0.717, 1.165) is 32.9 Å². The highest BCUT2D eigenvalue weighted by atomic mass is 79.9. The molecule has 0 aliphatic heterocycles. The van der Waals surface area contributed by atoms with Gasteiger partial charge in [0.2, 0.25) is 0 Å². The largest absolute Gasteiger partial charge is 0.356 e. The smallest absolute Gasteiger partial charge is 0.0541 e. The Labute approximate surface area is 829 Å². The number of aromatic nitrogens is 2. The number of para-hydroxylation sites is 2. The molecule has 0 fully saturated rings. The van der Waals surface area contributed by atoms with Gasteiger partial charge in [0.05, 0.1) is 22.1 Å². The van der Waals surface area contributed by atoms with E-state index in [1.165, 1.54) is 166 Å². The van der Waals surface area contributed by atoms with Crippen LogP contribution in [0.1, 0.15) is 56.9 Å². The molecule has 0 atom stereocenters. The van der Waals surface area contributed by atoms with Crippen LogP contribution in [0.2, 0.25) is 0 Å². The zero-order chi connectivity index (χ0) is 95.6. The van der Waals surface area contributed by atoms with Gasteiger partial charge in [0.1, 0.15) is 0 Å². The lowest BCUT2D eigenvalue weighted by Crippen LogP contribution is -2.15. The van der Waals surface area contributed by atoms with E-state index in [-0.39, 0.29) is 10.8 Å². The van der Waals surface area contributed by atoms with Crippen LogP contribution in [-0.2, 0) is 10.8 Å². The van der Waals surface area contributed by atoms with E-state index in [9.17, 15) is 0 Å². The summed E-state index contributed by atoms with van der Waals surface area (Å²) in [5, 5.41) is 8.52. The van der Waals surface area contributed by atoms with Crippen molar-refractivity contribution in [1.82, 2.24) is 9.13 Å². The number of anilines is 5. The first kappa shape index (κ1) is 90.4. The minimum absolute atomic E-state index is 0.0193. The molecule has 2 heterocycles. The molecule has 656 valence electrons. The molecule has 2 aliphatic rings. The number of hydrogen-bond acceptors (Lipinski definition) is 2. The van der Waals surface area contributed by atoms with E-state index in [1.807, 2.05) is 12.1 Å². The second kappa shape index (κ2) is 41.8. The summed E-state index contributed by atoms with van der Waals surface area (Å²) in [5.74, 6) is 46.9. The third kappa shape index (κ3) is 19.7. The van der Waals surface area contributed by atoms with E-state index in [1.54, 1.807) is 6.92 Å². The first-order chi connectivity index (χ1) is 68.8.